The van der Waals surface area contributed by atoms with Gasteiger partial charge in [-0.15, -0.1) is 0 Å². The summed E-state index contributed by atoms with van der Waals surface area (Å²) < 4.78 is 5.48. The smallest absolute Gasteiger partial charge is 0.126 e. The molecule has 1 unspecified atom stereocenters. The molecule has 0 spiro atoms. The van der Waals surface area contributed by atoms with E-state index in [-0.39, 0.29) is 6.04 Å². The predicted molar refractivity (Wildman–Crippen MR) is 67.8 cm³/mol. The molecule has 0 saturated heterocycles. The first kappa shape index (κ1) is 11.9. The van der Waals surface area contributed by atoms with Crippen molar-refractivity contribution in [1.29, 1.82) is 0 Å². The van der Waals surface area contributed by atoms with Gasteiger partial charge in [0.25, 0.3) is 0 Å². The summed E-state index contributed by atoms with van der Waals surface area (Å²) in [5, 5.41) is 3.46. The van der Waals surface area contributed by atoms with E-state index in [4.69, 9.17) is 4.42 Å². The maximum absolute atomic E-state index is 5.48. The first-order valence-corrected chi connectivity index (χ1v) is 6.00. The summed E-state index contributed by atoms with van der Waals surface area (Å²) in [7, 11) is 0. The zero-order chi connectivity index (χ0) is 12.1. The van der Waals surface area contributed by atoms with Crippen LogP contribution in [0.4, 0.5) is 0 Å². The zero-order valence-electron chi connectivity index (χ0n) is 10.3. The molecule has 0 aliphatic rings. The lowest BCUT2D eigenvalue weighted by atomic mass is 10.1. The fourth-order valence-electron chi connectivity index (χ4n) is 1.81. The van der Waals surface area contributed by atoms with Crippen molar-refractivity contribution in [2.45, 2.75) is 26.3 Å². The lowest BCUT2D eigenvalue weighted by Gasteiger charge is -2.16. The van der Waals surface area contributed by atoms with Crippen molar-refractivity contribution in [2.75, 3.05) is 6.54 Å². The molecule has 2 heterocycles. The Morgan fingerprint density at radius 1 is 1.41 bits per heavy atom. The molecule has 3 heteroatoms. The van der Waals surface area contributed by atoms with Crippen LogP contribution in [-0.4, -0.2) is 11.5 Å². The molecule has 0 aliphatic heterocycles. The molecule has 3 nitrogen and oxygen atoms in total. The number of furan rings is 1. The second-order valence-electron chi connectivity index (χ2n) is 4.16. The Morgan fingerprint density at radius 2 is 2.29 bits per heavy atom. The van der Waals surface area contributed by atoms with Crippen LogP contribution in [0.2, 0.25) is 0 Å². The molecular formula is C14H18N2O. The third-order valence-electron chi connectivity index (χ3n) is 2.66. The van der Waals surface area contributed by atoms with Crippen molar-refractivity contribution in [1.82, 2.24) is 10.3 Å². The molecule has 0 saturated carbocycles. The van der Waals surface area contributed by atoms with Crippen LogP contribution < -0.4 is 5.32 Å². The van der Waals surface area contributed by atoms with Crippen molar-refractivity contribution in [3.63, 3.8) is 0 Å². The second kappa shape index (κ2) is 5.64. The quantitative estimate of drug-likeness (QED) is 0.857. The molecule has 2 rings (SSSR count). The van der Waals surface area contributed by atoms with Gasteiger partial charge in [-0.25, -0.2) is 0 Å². The lowest BCUT2D eigenvalue weighted by molar-refractivity contribution is 0.441. The van der Waals surface area contributed by atoms with Crippen molar-refractivity contribution < 1.29 is 4.42 Å². The van der Waals surface area contributed by atoms with Crippen LogP contribution in [0.25, 0.3) is 0 Å². The highest BCUT2D eigenvalue weighted by Crippen LogP contribution is 2.21. The Labute approximate surface area is 102 Å². The molecular weight excluding hydrogens is 212 g/mol. The Kier molecular flexibility index (Phi) is 3.94. The minimum atomic E-state index is 0.0462. The van der Waals surface area contributed by atoms with Gasteiger partial charge < -0.3 is 9.73 Å². The van der Waals surface area contributed by atoms with E-state index in [2.05, 4.69) is 30.2 Å². The number of aryl methyl sites for hydroxylation is 1. The largest absolute Gasteiger partial charge is 0.467 e. The predicted octanol–water partition coefficient (Wildman–Crippen LogP) is 3.07. The topological polar surface area (TPSA) is 38.1 Å². The third-order valence-corrected chi connectivity index (χ3v) is 2.66. The van der Waals surface area contributed by atoms with Gasteiger partial charge in [-0.2, -0.15) is 0 Å². The molecule has 2 aromatic rings. The van der Waals surface area contributed by atoms with Gasteiger partial charge in [-0.05, 0) is 49.7 Å². The zero-order valence-corrected chi connectivity index (χ0v) is 10.3. The van der Waals surface area contributed by atoms with Crippen LogP contribution in [0.1, 0.15) is 36.4 Å². The van der Waals surface area contributed by atoms with Gasteiger partial charge in [0.05, 0.1) is 12.0 Å². The summed E-state index contributed by atoms with van der Waals surface area (Å²) in [4.78, 5) is 4.43. The van der Waals surface area contributed by atoms with Gasteiger partial charge in [-0.1, -0.05) is 6.92 Å². The Morgan fingerprint density at radius 3 is 2.94 bits per heavy atom. The average Bonchev–Trinajstić information content (AvgIpc) is 2.83. The standard InChI is InChI=1S/C14H18N2O/c1-3-7-16-14(13-5-4-9-17-13)12-10-11(2)6-8-15-12/h4-6,8-10,14,16H,3,7H2,1-2H3. The maximum Gasteiger partial charge on any atom is 0.126 e. The first-order valence-electron chi connectivity index (χ1n) is 6.00. The first-order chi connectivity index (χ1) is 8.31. The van der Waals surface area contributed by atoms with Crippen LogP contribution in [-0.2, 0) is 0 Å². The van der Waals surface area contributed by atoms with E-state index in [9.17, 15) is 0 Å². The number of hydrogen-bond donors (Lipinski definition) is 1. The molecule has 17 heavy (non-hydrogen) atoms. The van der Waals surface area contributed by atoms with Gasteiger partial charge in [0.15, 0.2) is 0 Å². The summed E-state index contributed by atoms with van der Waals surface area (Å²) in [5.74, 6) is 0.913. The van der Waals surface area contributed by atoms with Gasteiger partial charge in [0.2, 0.25) is 0 Å². The van der Waals surface area contributed by atoms with Crippen molar-refractivity contribution in [3.05, 3.63) is 53.7 Å². The summed E-state index contributed by atoms with van der Waals surface area (Å²) in [6, 6.07) is 8.03. The van der Waals surface area contributed by atoms with Crippen molar-refractivity contribution in [2.24, 2.45) is 0 Å². The maximum atomic E-state index is 5.48. The molecule has 0 amide bonds. The number of nitrogens with zero attached hydrogens (tertiary/aromatic N) is 1. The molecule has 0 bridgehead atoms. The Balaban J connectivity index is 2.27. The van der Waals surface area contributed by atoms with Crippen molar-refractivity contribution in [3.8, 4) is 0 Å². The van der Waals surface area contributed by atoms with Gasteiger partial charge in [0, 0.05) is 6.20 Å². The second-order valence-corrected chi connectivity index (χ2v) is 4.16. The van der Waals surface area contributed by atoms with E-state index < -0.39 is 0 Å². The fourth-order valence-corrected chi connectivity index (χ4v) is 1.81. The molecule has 0 aliphatic carbocycles. The summed E-state index contributed by atoms with van der Waals surface area (Å²) in [5.41, 5.74) is 2.22. The summed E-state index contributed by atoms with van der Waals surface area (Å²) >= 11 is 0. The molecule has 0 radical (unpaired) electrons. The number of rotatable bonds is 5. The summed E-state index contributed by atoms with van der Waals surface area (Å²) in [6.07, 6.45) is 4.63. The minimum absolute atomic E-state index is 0.0462. The monoisotopic (exact) mass is 230 g/mol. The SMILES string of the molecule is CCCNC(c1cc(C)ccn1)c1ccco1. The van der Waals surface area contributed by atoms with Crippen LogP contribution in [0, 0.1) is 6.92 Å². The Hall–Kier alpha value is -1.61. The van der Waals surface area contributed by atoms with Crippen LogP contribution in [0.15, 0.2) is 41.1 Å². The highest BCUT2D eigenvalue weighted by Gasteiger charge is 2.17. The minimum Gasteiger partial charge on any atom is -0.467 e. The van der Waals surface area contributed by atoms with Crippen LogP contribution in [0.5, 0.6) is 0 Å². The number of nitrogens with one attached hydrogen (secondary N) is 1. The summed E-state index contributed by atoms with van der Waals surface area (Å²) in [6.45, 7) is 5.17. The van der Waals surface area contributed by atoms with E-state index in [0.29, 0.717) is 0 Å². The lowest BCUT2D eigenvalue weighted by Crippen LogP contribution is -2.23. The van der Waals surface area contributed by atoms with E-state index >= 15 is 0 Å². The molecule has 1 N–H and O–H groups in total. The van der Waals surface area contributed by atoms with E-state index in [1.165, 1.54) is 5.56 Å². The third kappa shape index (κ3) is 2.94. The Bertz CT molecular complexity index is 451. The van der Waals surface area contributed by atoms with E-state index in [1.54, 1.807) is 6.26 Å². The van der Waals surface area contributed by atoms with Gasteiger partial charge in [-0.3, -0.25) is 4.98 Å². The molecule has 90 valence electrons. The number of pyridine rings is 1. The average molecular weight is 230 g/mol. The molecule has 1 atom stereocenters. The highest BCUT2D eigenvalue weighted by atomic mass is 16.3. The number of aromatic nitrogens is 1. The fraction of sp³-hybridized carbons (Fsp3) is 0.357. The molecule has 0 aromatic carbocycles. The normalized spacial score (nSPS) is 12.6. The van der Waals surface area contributed by atoms with Crippen LogP contribution in [0.3, 0.4) is 0 Å². The van der Waals surface area contributed by atoms with Crippen LogP contribution >= 0.6 is 0 Å². The number of hydrogen-bond acceptors (Lipinski definition) is 3. The van der Waals surface area contributed by atoms with Gasteiger partial charge in [0.1, 0.15) is 11.8 Å². The van der Waals surface area contributed by atoms with Crippen molar-refractivity contribution >= 4 is 0 Å². The molecule has 0 fully saturated rings. The van der Waals surface area contributed by atoms with Gasteiger partial charge >= 0.3 is 0 Å². The van der Waals surface area contributed by atoms with E-state index in [0.717, 1.165) is 24.4 Å². The van der Waals surface area contributed by atoms with E-state index in [1.807, 2.05) is 24.4 Å². The highest BCUT2D eigenvalue weighted by molar-refractivity contribution is 5.23. The molecule has 2 aromatic heterocycles.